The van der Waals surface area contributed by atoms with Gasteiger partial charge in [0, 0.05) is 11.4 Å². The van der Waals surface area contributed by atoms with Crippen molar-refractivity contribution in [2.75, 3.05) is 12.3 Å². The molecule has 3 amide bonds. The highest BCUT2D eigenvalue weighted by molar-refractivity contribution is 7.99. The molecule has 9 heteroatoms. The highest BCUT2D eigenvalue weighted by Crippen LogP contribution is 2.14. The van der Waals surface area contributed by atoms with Crippen LogP contribution in [-0.4, -0.2) is 39.4 Å². The molecule has 0 saturated heterocycles. The molecular weight excluding hydrogens is 322 g/mol. The lowest BCUT2D eigenvalue weighted by molar-refractivity contribution is -0.117. The van der Waals surface area contributed by atoms with Crippen molar-refractivity contribution in [3.05, 3.63) is 28.2 Å². The Bertz CT molecular complexity index is 651. The minimum atomic E-state index is -0.498. The number of nitrogens with one attached hydrogen (secondary N) is 3. The number of amides is 3. The number of thiophene rings is 1. The molecule has 2 aromatic rings. The van der Waals surface area contributed by atoms with Crippen LogP contribution in [0.3, 0.4) is 0 Å². The van der Waals surface area contributed by atoms with Crippen LogP contribution in [0.5, 0.6) is 0 Å². The maximum atomic E-state index is 11.5. The number of urea groups is 1. The lowest BCUT2D eigenvalue weighted by Gasteiger charge is -2.02. The molecule has 2 aromatic heterocycles. The zero-order chi connectivity index (χ0) is 15.8. The summed E-state index contributed by atoms with van der Waals surface area (Å²) < 4.78 is 0. The van der Waals surface area contributed by atoms with Crippen molar-refractivity contribution in [2.24, 2.45) is 0 Å². The highest BCUT2D eigenvalue weighted by atomic mass is 32.2. The predicted octanol–water partition coefficient (Wildman–Crippen LogP) is 1.97. The molecule has 0 aliphatic rings. The summed E-state index contributed by atoms with van der Waals surface area (Å²) in [5, 5.41) is 13.9. The smallest absolute Gasteiger partial charge is 0.321 e. The number of hydrogen-bond donors (Lipinski definition) is 3. The molecule has 0 bridgehead atoms. The Morgan fingerprint density at radius 3 is 3.05 bits per heavy atom. The van der Waals surface area contributed by atoms with Crippen LogP contribution < -0.4 is 10.6 Å². The van der Waals surface area contributed by atoms with Crippen molar-refractivity contribution >= 4 is 47.2 Å². The van der Waals surface area contributed by atoms with Crippen molar-refractivity contribution in [1.82, 2.24) is 25.8 Å². The second-order valence-corrected chi connectivity index (χ2v) is 5.97. The number of carbonyl (C=O) groups is 2. The molecule has 0 unspecified atom stereocenters. The molecule has 0 saturated carbocycles. The van der Waals surface area contributed by atoms with Crippen LogP contribution in [0.25, 0.3) is 12.2 Å². The Morgan fingerprint density at radius 1 is 1.45 bits per heavy atom. The van der Waals surface area contributed by atoms with Crippen LogP contribution >= 0.6 is 23.1 Å². The van der Waals surface area contributed by atoms with Gasteiger partial charge in [-0.2, -0.15) is 0 Å². The fourth-order valence-electron chi connectivity index (χ4n) is 1.44. The van der Waals surface area contributed by atoms with Gasteiger partial charge in [-0.15, -0.1) is 16.4 Å². The number of H-pyrrole nitrogens is 1. The third-order valence-corrected chi connectivity index (χ3v) is 4.04. The number of aromatic amines is 1. The number of hydrogen-bond acceptors (Lipinski definition) is 6. The molecule has 0 aliphatic carbocycles. The van der Waals surface area contributed by atoms with Gasteiger partial charge in [-0.3, -0.25) is 15.2 Å². The Kier molecular flexibility index (Phi) is 6.16. The molecule has 0 atom stereocenters. The molecule has 2 heterocycles. The summed E-state index contributed by atoms with van der Waals surface area (Å²) in [5.41, 5.74) is 0. The topological polar surface area (TPSA) is 99.8 Å². The molecule has 2 rings (SSSR count). The van der Waals surface area contributed by atoms with E-state index in [0.29, 0.717) is 17.5 Å². The lowest BCUT2D eigenvalue weighted by Crippen LogP contribution is -2.40. The second kappa shape index (κ2) is 8.35. The van der Waals surface area contributed by atoms with Gasteiger partial charge in [0.25, 0.3) is 0 Å². The van der Waals surface area contributed by atoms with Crippen LogP contribution in [0.1, 0.15) is 17.6 Å². The average Bonchev–Trinajstić information content (AvgIpc) is 3.15. The summed E-state index contributed by atoms with van der Waals surface area (Å²) in [6.45, 7) is 2.24. The monoisotopic (exact) mass is 337 g/mol. The fraction of sp³-hybridized carbons (Fsp3) is 0.231. The predicted molar refractivity (Wildman–Crippen MR) is 87.6 cm³/mol. The summed E-state index contributed by atoms with van der Waals surface area (Å²) in [6.07, 6.45) is 3.75. The normalized spacial score (nSPS) is 10.8. The molecule has 0 aromatic carbocycles. The van der Waals surface area contributed by atoms with E-state index in [-0.39, 0.29) is 5.75 Å². The highest BCUT2D eigenvalue weighted by Gasteiger charge is 2.09. The van der Waals surface area contributed by atoms with E-state index in [0.717, 1.165) is 16.6 Å². The van der Waals surface area contributed by atoms with Gasteiger partial charge in [0.05, 0.1) is 5.75 Å². The zero-order valence-corrected chi connectivity index (χ0v) is 13.5. The number of nitrogens with zero attached hydrogens (tertiary/aromatic N) is 2. The Hall–Kier alpha value is -2.13. The molecule has 0 spiro atoms. The van der Waals surface area contributed by atoms with Gasteiger partial charge < -0.3 is 5.32 Å². The van der Waals surface area contributed by atoms with E-state index in [1.807, 2.05) is 29.7 Å². The molecule has 116 valence electrons. The van der Waals surface area contributed by atoms with Crippen molar-refractivity contribution in [1.29, 1.82) is 0 Å². The summed E-state index contributed by atoms with van der Waals surface area (Å²) in [5.74, 6) is 0.291. The summed E-state index contributed by atoms with van der Waals surface area (Å²) in [4.78, 5) is 28.0. The van der Waals surface area contributed by atoms with Gasteiger partial charge in [-0.25, -0.2) is 9.78 Å². The van der Waals surface area contributed by atoms with Crippen molar-refractivity contribution < 1.29 is 9.59 Å². The van der Waals surface area contributed by atoms with E-state index in [9.17, 15) is 9.59 Å². The van der Waals surface area contributed by atoms with E-state index in [4.69, 9.17) is 0 Å². The first kappa shape index (κ1) is 16.2. The van der Waals surface area contributed by atoms with E-state index in [2.05, 4.69) is 25.8 Å². The van der Waals surface area contributed by atoms with Crippen molar-refractivity contribution in [2.45, 2.75) is 12.1 Å². The molecule has 0 aliphatic heterocycles. The van der Waals surface area contributed by atoms with Gasteiger partial charge in [0.15, 0.2) is 0 Å². The second-order valence-electron chi connectivity index (χ2n) is 4.05. The standard InChI is InChI=1S/C13H15N5O2S2/c1-2-14-12(20)16-11(19)8-22-13-15-10(17-18-13)6-5-9-4-3-7-21-9/h3-7H,2,8H2,1H3,(H,15,17,18)(H2,14,16,19,20)/b6-5+. The van der Waals surface area contributed by atoms with E-state index >= 15 is 0 Å². The zero-order valence-electron chi connectivity index (χ0n) is 11.8. The SMILES string of the molecule is CCNC(=O)NC(=O)CSc1n[nH]c(/C=C/c2cccs2)n1. The Labute approximate surface area is 135 Å². The average molecular weight is 337 g/mol. The Balaban J connectivity index is 1.79. The van der Waals surface area contributed by atoms with E-state index in [1.165, 1.54) is 0 Å². The van der Waals surface area contributed by atoms with Crippen molar-refractivity contribution in [3.63, 3.8) is 0 Å². The summed E-state index contributed by atoms with van der Waals surface area (Å²) in [6, 6.07) is 3.47. The minimum Gasteiger partial charge on any atom is -0.338 e. The molecule has 3 N–H and O–H groups in total. The van der Waals surface area contributed by atoms with Gasteiger partial charge in [-0.1, -0.05) is 17.8 Å². The Morgan fingerprint density at radius 2 is 2.32 bits per heavy atom. The summed E-state index contributed by atoms with van der Waals surface area (Å²) in [7, 11) is 0. The largest absolute Gasteiger partial charge is 0.338 e. The lowest BCUT2D eigenvalue weighted by atomic mass is 10.4. The maximum Gasteiger partial charge on any atom is 0.321 e. The number of imide groups is 1. The molecule has 0 fully saturated rings. The molecule has 7 nitrogen and oxygen atoms in total. The molecule has 0 radical (unpaired) electrons. The number of rotatable bonds is 6. The van der Waals surface area contributed by atoms with Gasteiger partial charge >= 0.3 is 6.03 Å². The molecule has 22 heavy (non-hydrogen) atoms. The third-order valence-electron chi connectivity index (χ3n) is 2.35. The number of aromatic nitrogens is 3. The minimum absolute atomic E-state index is 0.0725. The van der Waals surface area contributed by atoms with Gasteiger partial charge in [0.2, 0.25) is 11.1 Å². The first-order chi connectivity index (χ1) is 10.7. The maximum absolute atomic E-state index is 11.5. The summed E-state index contributed by atoms with van der Waals surface area (Å²) >= 11 is 2.78. The van der Waals surface area contributed by atoms with Crippen LogP contribution in [-0.2, 0) is 4.79 Å². The fourth-order valence-corrected chi connectivity index (χ4v) is 2.67. The van der Waals surface area contributed by atoms with E-state index < -0.39 is 11.9 Å². The van der Waals surface area contributed by atoms with Crippen LogP contribution in [0.15, 0.2) is 22.7 Å². The van der Waals surface area contributed by atoms with Gasteiger partial charge in [-0.05, 0) is 30.5 Å². The first-order valence-corrected chi connectivity index (χ1v) is 8.38. The van der Waals surface area contributed by atoms with Crippen LogP contribution in [0.4, 0.5) is 4.79 Å². The van der Waals surface area contributed by atoms with Crippen LogP contribution in [0, 0.1) is 0 Å². The molecular formula is C13H15N5O2S2. The number of carbonyl (C=O) groups excluding carboxylic acids is 2. The van der Waals surface area contributed by atoms with Gasteiger partial charge in [0.1, 0.15) is 5.82 Å². The quantitative estimate of drug-likeness (QED) is 0.700. The number of thioether (sulfide) groups is 1. The first-order valence-electron chi connectivity index (χ1n) is 6.52. The third kappa shape index (κ3) is 5.34. The van der Waals surface area contributed by atoms with E-state index in [1.54, 1.807) is 18.3 Å². The van der Waals surface area contributed by atoms with Crippen LogP contribution in [0.2, 0.25) is 0 Å². The van der Waals surface area contributed by atoms with Crippen molar-refractivity contribution in [3.8, 4) is 0 Å².